The smallest absolute Gasteiger partial charge is 0.410 e. The molecular formula is C23H30N6O2. The average Bonchev–Trinajstić information content (AvgIpc) is 3.05. The summed E-state index contributed by atoms with van der Waals surface area (Å²) in [6.45, 7) is 9.06. The number of pyridine rings is 2. The summed E-state index contributed by atoms with van der Waals surface area (Å²) in [7, 11) is 3.99. The number of ether oxygens (including phenoxy) is 1. The number of anilines is 2. The zero-order valence-corrected chi connectivity index (χ0v) is 19.1. The number of likely N-dealkylation sites (tertiary alicyclic amines) is 1. The fourth-order valence-corrected chi connectivity index (χ4v) is 3.78. The van der Waals surface area contributed by atoms with E-state index in [0.29, 0.717) is 13.1 Å². The summed E-state index contributed by atoms with van der Waals surface area (Å²) in [6.07, 6.45) is 6.13. The lowest BCUT2D eigenvalue weighted by molar-refractivity contribution is 0.00787. The van der Waals surface area contributed by atoms with Gasteiger partial charge < -0.3 is 19.1 Å². The first-order chi connectivity index (χ1) is 14.7. The lowest BCUT2D eigenvalue weighted by Crippen LogP contribution is -2.50. The van der Waals surface area contributed by atoms with Crippen LogP contribution in [0, 0.1) is 0 Å². The highest BCUT2D eigenvalue weighted by Gasteiger charge is 2.35. The van der Waals surface area contributed by atoms with Crippen LogP contribution < -0.4 is 4.90 Å². The summed E-state index contributed by atoms with van der Waals surface area (Å²) in [5.41, 5.74) is 4.69. The van der Waals surface area contributed by atoms with E-state index in [9.17, 15) is 4.79 Å². The molecule has 0 bridgehead atoms. The van der Waals surface area contributed by atoms with Gasteiger partial charge in [0.2, 0.25) is 0 Å². The van der Waals surface area contributed by atoms with E-state index in [1.807, 2.05) is 51.7 Å². The number of imidazole rings is 1. The zero-order valence-electron chi connectivity index (χ0n) is 19.1. The quantitative estimate of drug-likeness (QED) is 0.632. The topological polar surface area (TPSA) is 76.4 Å². The van der Waals surface area contributed by atoms with Crippen molar-refractivity contribution in [3.8, 4) is 0 Å². The molecule has 1 fully saturated rings. The average molecular weight is 423 g/mol. The lowest BCUT2D eigenvalue weighted by atomic mass is 9.94. The van der Waals surface area contributed by atoms with E-state index in [1.165, 1.54) is 5.56 Å². The summed E-state index contributed by atoms with van der Waals surface area (Å²) < 4.78 is 7.44. The molecule has 164 valence electrons. The molecule has 31 heavy (non-hydrogen) atoms. The van der Waals surface area contributed by atoms with Crippen molar-refractivity contribution in [2.24, 2.45) is 7.05 Å². The van der Waals surface area contributed by atoms with Crippen LogP contribution in [0.3, 0.4) is 0 Å². The van der Waals surface area contributed by atoms with E-state index in [-0.39, 0.29) is 12.0 Å². The number of fused-ring (bicyclic) bond motifs is 1. The first-order valence-corrected chi connectivity index (χ1v) is 10.6. The molecule has 0 unspecified atom stereocenters. The van der Waals surface area contributed by atoms with Gasteiger partial charge in [0.15, 0.2) is 0 Å². The number of aromatic nitrogens is 4. The third-order valence-electron chi connectivity index (χ3n) is 5.62. The zero-order chi connectivity index (χ0) is 22.3. The predicted molar refractivity (Wildman–Crippen MR) is 121 cm³/mol. The highest BCUT2D eigenvalue weighted by molar-refractivity contribution is 5.79. The second kappa shape index (κ2) is 7.83. The summed E-state index contributed by atoms with van der Waals surface area (Å²) in [5.74, 6) is 1.08. The number of hydrogen-bond acceptors (Lipinski definition) is 6. The molecule has 1 aliphatic heterocycles. The number of aryl methyl sites for hydroxylation is 2. The van der Waals surface area contributed by atoms with Crippen molar-refractivity contribution in [1.29, 1.82) is 0 Å². The van der Waals surface area contributed by atoms with Crippen LogP contribution in [0.15, 0.2) is 30.9 Å². The molecule has 1 saturated heterocycles. The van der Waals surface area contributed by atoms with Crippen molar-refractivity contribution in [2.75, 3.05) is 25.0 Å². The summed E-state index contributed by atoms with van der Waals surface area (Å²) in [4.78, 5) is 29.7. The van der Waals surface area contributed by atoms with Crippen molar-refractivity contribution < 1.29 is 9.53 Å². The van der Waals surface area contributed by atoms with Crippen LogP contribution >= 0.6 is 0 Å². The van der Waals surface area contributed by atoms with Gasteiger partial charge in [-0.2, -0.15) is 0 Å². The fourth-order valence-electron chi connectivity index (χ4n) is 3.78. The maximum Gasteiger partial charge on any atom is 0.410 e. The Labute approximate surface area is 182 Å². The molecule has 0 aliphatic carbocycles. The molecular weight excluding hydrogens is 392 g/mol. The molecule has 0 saturated carbocycles. The van der Waals surface area contributed by atoms with Gasteiger partial charge >= 0.3 is 6.09 Å². The van der Waals surface area contributed by atoms with Crippen LogP contribution in [0.25, 0.3) is 11.0 Å². The van der Waals surface area contributed by atoms with Crippen LogP contribution in [0.1, 0.15) is 44.9 Å². The highest BCUT2D eigenvalue weighted by atomic mass is 16.6. The Kier molecular flexibility index (Phi) is 5.33. The van der Waals surface area contributed by atoms with Gasteiger partial charge in [0.25, 0.3) is 0 Å². The fraction of sp³-hybridized carbons (Fsp3) is 0.478. The van der Waals surface area contributed by atoms with Gasteiger partial charge in [-0.1, -0.05) is 6.92 Å². The highest BCUT2D eigenvalue weighted by Crippen LogP contribution is 2.32. The molecule has 1 amide bonds. The minimum Gasteiger partial charge on any atom is -0.444 e. The normalized spacial score (nSPS) is 14.6. The summed E-state index contributed by atoms with van der Waals surface area (Å²) >= 11 is 0. The Morgan fingerprint density at radius 2 is 1.94 bits per heavy atom. The SMILES string of the molecule is CCc1cc(C2CN(C(=O)OC(C)(C)C)C2)ncc1N(C)c1cc2c(cn1)ncn2C. The van der Waals surface area contributed by atoms with Gasteiger partial charge in [0.1, 0.15) is 16.9 Å². The van der Waals surface area contributed by atoms with Crippen molar-refractivity contribution >= 4 is 28.6 Å². The monoisotopic (exact) mass is 422 g/mol. The molecule has 8 heteroatoms. The third-order valence-corrected chi connectivity index (χ3v) is 5.62. The van der Waals surface area contributed by atoms with Crippen LogP contribution in [0.4, 0.5) is 16.3 Å². The molecule has 8 nitrogen and oxygen atoms in total. The number of hydrogen-bond donors (Lipinski definition) is 0. The van der Waals surface area contributed by atoms with E-state index in [4.69, 9.17) is 9.72 Å². The summed E-state index contributed by atoms with van der Waals surface area (Å²) in [6, 6.07) is 4.20. The van der Waals surface area contributed by atoms with E-state index < -0.39 is 5.60 Å². The van der Waals surface area contributed by atoms with Gasteiger partial charge in [0.05, 0.1) is 29.9 Å². The molecule has 3 aromatic rings. The largest absolute Gasteiger partial charge is 0.444 e. The molecule has 0 spiro atoms. The number of nitrogens with zero attached hydrogens (tertiary/aromatic N) is 6. The number of carbonyl (C=O) groups is 1. The van der Waals surface area contributed by atoms with Crippen molar-refractivity contribution in [2.45, 2.75) is 45.6 Å². The molecule has 4 rings (SSSR count). The van der Waals surface area contributed by atoms with E-state index in [2.05, 4.69) is 27.9 Å². The molecule has 0 N–H and O–H groups in total. The van der Waals surface area contributed by atoms with Crippen LogP contribution in [-0.4, -0.2) is 56.3 Å². The Bertz CT molecular complexity index is 1110. The first-order valence-electron chi connectivity index (χ1n) is 10.6. The first kappa shape index (κ1) is 21.1. The van der Waals surface area contributed by atoms with E-state index >= 15 is 0 Å². The van der Waals surface area contributed by atoms with Crippen molar-refractivity contribution in [1.82, 2.24) is 24.4 Å². The molecule has 1 aliphatic rings. The van der Waals surface area contributed by atoms with Gasteiger partial charge in [-0.3, -0.25) is 4.98 Å². The Morgan fingerprint density at radius 1 is 1.19 bits per heavy atom. The maximum absolute atomic E-state index is 12.2. The van der Waals surface area contributed by atoms with Crippen LogP contribution in [0.5, 0.6) is 0 Å². The minimum absolute atomic E-state index is 0.237. The Balaban J connectivity index is 1.51. The molecule has 3 aromatic heterocycles. The van der Waals surface area contributed by atoms with E-state index in [0.717, 1.165) is 34.7 Å². The van der Waals surface area contributed by atoms with Gasteiger partial charge in [-0.05, 0) is 38.8 Å². The second-order valence-corrected chi connectivity index (χ2v) is 9.12. The lowest BCUT2D eigenvalue weighted by Gasteiger charge is -2.39. The number of amides is 1. The number of carbonyl (C=O) groups excluding carboxylic acids is 1. The Morgan fingerprint density at radius 3 is 2.61 bits per heavy atom. The van der Waals surface area contributed by atoms with Gasteiger partial charge in [0, 0.05) is 44.9 Å². The van der Waals surface area contributed by atoms with Crippen LogP contribution in [0.2, 0.25) is 0 Å². The summed E-state index contributed by atoms with van der Waals surface area (Å²) in [5, 5.41) is 0. The number of rotatable bonds is 4. The van der Waals surface area contributed by atoms with Crippen molar-refractivity contribution in [3.05, 3.63) is 42.1 Å². The maximum atomic E-state index is 12.2. The molecule has 0 aromatic carbocycles. The Hall–Kier alpha value is -3.16. The standard InChI is InChI=1S/C23H30N6O2/c1-7-15-8-17(16-12-29(13-16)22(30)31-23(2,3)4)24-11-20(15)28(6)21-9-19-18(10-25-21)26-14-27(19)5/h8-11,14,16H,7,12-13H2,1-6H3. The third kappa shape index (κ3) is 4.19. The van der Waals surface area contributed by atoms with Crippen molar-refractivity contribution in [3.63, 3.8) is 0 Å². The van der Waals surface area contributed by atoms with E-state index in [1.54, 1.807) is 17.4 Å². The predicted octanol–water partition coefficient (Wildman–Crippen LogP) is 4.03. The molecule has 0 radical (unpaired) electrons. The van der Waals surface area contributed by atoms with Crippen LogP contribution in [-0.2, 0) is 18.2 Å². The molecule has 4 heterocycles. The van der Waals surface area contributed by atoms with Gasteiger partial charge in [-0.25, -0.2) is 14.8 Å². The minimum atomic E-state index is -0.478. The molecule has 0 atom stereocenters. The van der Waals surface area contributed by atoms with Gasteiger partial charge in [-0.15, -0.1) is 0 Å². The second-order valence-electron chi connectivity index (χ2n) is 9.12.